The van der Waals surface area contributed by atoms with Crippen LogP contribution < -0.4 is 0 Å². The van der Waals surface area contributed by atoms with Gasteiger partial charge >= 0.3 is 0 Å². The smallest absolute Gasteiger partial charge is 0.245 e. The predicted octanol–water partition coefficient (Wildman–Crippen LogP) is 4.57. The first-order valence-corrected chi connectivity index (χ1v) is 9.64. The molecule has 0 radical (unpaired) electrons. The molecule has 2 aromatic rings. The van der Waals surface area contributed by atoms with E-state index in [9.17, 15) is 9.90 Å². The van der Waals surface area contributed by atoms with E-state index in [0.717, 1.165) is 53.5 Å². The maximum atomic E-state index is 11.8. The molecule has 146 valence electrons. The molecule has 0 aromatic heterocycles. The summed E-state index contributed by atoms with van der Waals surface area (Å²) < 4.78 is 0. The van der Waals surface area contributed by atoms with Gasteiger partial charge in [-0.25, -0.2) is 0 Å². The zero-order chi connectivity index (χ0) is 20.3. The van der Waals surface area contributed by atoms with Gasteiger partial charge in [0.05, 0.1) is 0 Å². The fourth-order valence-corrected chi connectivity index (χ4v) is 3.89. The Morgan fingerprint density at radius 3 is 2.61 bits per heavy atom. The molecule has 1 aliphatic rings. The SMILES string of the molecule is C=CC(=O)N1CCC(N(C)C(=C)/C=C(\C)c2cc(O)cc3ccccc23)CC1. The third-order valence-electron chi connectivity index (χ3n) is 5.61. The van der Waals surface area contributed by atoms with Crippen molar-refractivity contribution in [2.75, 3.05) is 20.1 Å². The van der Waals surface area contributed by atoms with Gasteiger partial charge < -0.3 is 14.9 Å². The van der Waals surface area contributed by atoms with Crippen LogP contribution in [0.4, 0.5) is 0 Å². The van der Waals surface area contributed by atoms with E-state index in [2.05, 4.69) is 37.2 Å². The van der Waals surface area contributed by atoms with Gasteiger partial charge in [-0.15, -0.1) is 0 Å². The average molecular weight is 377 g/mol. The largest absolute Gasteiger partial charge is 0.508 e. The van der Waals surface area contributed by atoms with E-state index < -0.39 is 0 Å². The molecular formula is C24H28N2O2. The lowest BCUT2D eigenvalue weighted by Gasteiger charge is -2.37. The summed E-state index contributed by atoms with van der Waals surface area (Å²) in [5, 5.41) is 12.2. The number of hydrogen-bond donors (Lipinski definition) is 1. The van der Waals surface area contributed by atoms with Gasteiger partial charge in [-0.3, -0.25) is 4.79 Å². The summed E-state index contributed by atoms with van der Waals surface area (Å²) in [6.07, 6.45) is 5.28. The molecule has 4 nitrogen and oxygen atoms in total. The van der Waals surface area contributed by atoms with Crippen molar-refractivity contribution in [2.24, 2.45) is 0 Å². The van der Waals surface area contributed by atoms with Crippen molar-refractivity contribution < 1.29 is 9.90 Å². The number of nitrogens with zero attached hydrogens (tertiary/aromatic N) is 2. The van der Waals surface area contributed by atoms with Crippen LogP contribution >= 0.6 is 0 Å². The number of likely N-dealkylation sites (N-methyl/N-ethyl adjacent to an activating group) is 1. The molecule has 1 N–H and O–H groups in total. The second kappa shape index (κ2) is 8.34. The van der Waals surface area contributed by atoms with Crippen LogP contribution in [0.2, 0.25) is 0 Å². The third kappa shape index (κ3) is 4.11. The van der Waals surface area contributed by atoms with E-state index >= 15 is 0 Å². The maximum absolute atomic E-state index is 11.8. The molecule has 28 heavy (non-hydrogen) atoms. The number of allylic oxidation sites excluding steroid dienone is 2. The average Bonchev–Trinajstić information content (AvgIpc) is 2.71. The van der Waals surface area contributed by atoms with Crippen molar-refractivity contribution in [2.45, 2.75) is 25.8 Å². The van der Waals surface area contributed by atoms with Crippen molar-refractivity contribution in [1.29, 1.82) is 0 Å². The molecule has 2 aromatic carbocycles. The monoisotopic (exact) mass is 376 g/mol. The van der Waals surface area contributed by atoms with Gasteiger partial charge in [0.1, 0.15) is 5.75 Å². The second-order valence-electron chi connectivity index (χ2n) is 7.40. The van der Waals surface area contributed by atoms with Gasteiger partial charge in [-0.05, 0) is 66.0 Å². The zero-order valence-electron chi connectivity index (χ0n) is 16.7. The molecule has 0 bridgehead atoms. The maximum Gasteiger partial charge on any atom is 0.245 e. The number of rotatable bonds is 5. The number of amides is 1. The van der Waals surface area contributed by atoms with E-state index in [0.29, 0.717) is 6.04 Å². The van der Waals surface area contributed by atoms with Crippen LogP contribution in [0.3, 0.4) is 0 Å². The highest BCUT2D eigenvalue weighted by Gasteiger charge is 2.24. The topological polar surface area (TPSA) is 43.8 Å². The van der Waals surface area contributed by atoms with E-state index in [1.165, 1.54) is 6.08 Å². The highest BCUT2D eigenvalue weighted by molar-refractivity contribution is 5.95. The number of hydrogen-bond acceptors (Lipinski definition) is 3. The summed E-state index contributed by atoms with van der Waals surface area (Å²) in [4.78, 5) is 15.8. The number of phenols is 1. The van der Waals surface area contributed by atoms with Crippen LogP contribution in [-0.2, 0) is 4.79 Å². The minimum absolute atomic E-state index is 0.00596. The number of benzene rings is 2. The molecule has 1 heterocycles. The van der Waals surface area contributed by atoms with Crippen LogP contribution in [0, 0.1) is 0 Å². The molecule has 1 aliphatic heterocycles. The highest BCUT2D eigenvalue weighted by Crippen LogP contribution is 2.30. The van der Waals surface area contributed by atoms with Crippen molar-refractivity contribution in [3.8, 4) is 5.75 Å². The minimum atomic E-state index is 0.00596. The summed E-state index contributed by atoms with van der Waals surface area (Å²) in [6, 6.07) is 12.0. The summed E-state index contributed by atoms with van der Waals surface area (Å²) in [6.45, 7) is 11.4. The molecule has 0 saturated carbocycles. The van der Waals surface area contributed by atoms with Crippen LogP contribution in [0.5, 0.6) is 5.75 Å². The number of aromatic hydroxyl groups is 1. The fourth-order valence-electron chi connectivity index (χ4n) is 3.89. The van der Waals surface area contributed by atoms with Gasteiger partial charge in [0.15, 0.2) is 0 Å². The molecule has 1 amide bonds. The Bertz CT molecular complexity index is 937. The number of likely N-dealkylation sites (tertiary alicyclic amines) is 1. The first kappa shape index (κ1) is 19.7. The summed E-state index contributed by atoms with van der Waals surface area (Å²) in [5.41, 5.74) is 3.00. The Kier molecular flexibility index (Phi) is 5.88. The first-order chi connectivity index (χ1) is 13.4. The molecular weight excluding hydrogens is 348 g/mol. The van der Waals surface area contributed by atoms with Crippen molar-refractivity contribution >= 4 is 22.3 Å². The molecule has 0 spiro atoms. The van der Waals surface area contributed by atoms with Gasteiger partial charge in [0.2, 0.25) is 5.91 Å². The number of phenolic OH excluding ortho intramolecular Hbond substituents is 1. The summed E-state index contributed by atoms with van der Waals surface area (Å²) in [7, 11) is 2.06. The Hall–Kier alpha value is -3.01. The van der Waals surface area contributed by atoms with Crippen molar-refractivity contribution in [3.63, 3.8) is 0 Å². The second-order valence-corrected chi connectivity index (χ2v) is 7.40. The first-order valence-electron chi connectivity index (χ1n) is 9.64. The van der Waals surface area contributed by atoms with E-state index in [4.69, 9.17) is 0 Å². The molecule has 1 saturated heterocycles. The predicted molar refractivity (Wildman–Crippen MR) is 116 cm³/mol. The number of carbonyl (C=O) groups is 1. The molecule has 1 fully saturated rings. The van der Waals surface area contributed by atoms with Gasteiger partial charge in [-0.1, -0.05) is 37.4 Å². The van der Waals surface area contributed by atoms with E-state index in [-0.39, 0.29) is 11.7 Å². The lowest BCUT2D eigenvalue weighted by molar-refractivity contribution is -0.127. The Labute approximate surface area is 167 Å². The van der Waals surface area contributed by atoms with Crippen LogP contribution in [0.1, 0.15) is 25.3 Å². The fraction of sp³-hybridized carbons (Fsp3) is 0.292. The number of carbonyl (C=O) groups excluding carboxylic acids is 1. The minimum Gasteiger partial charge on any atom is -0.508 e. The van der Waals surface area contributed by atoms with Crippen LogP contribution in [0.25, 0.3) is 16.3 Å². The normalized spacial score (nSPS) is 15.5. The van der Waals surface area contributed by atoms with Crippen LogP contribution in [-0.4, -0.2) is 47.0 Å². The van der Waals surface area contributed by atoms with Crippen molar-refractivity contribution in [1.82, 2.24) is 9.80 Å². The summed E-state index contributed by atoms with van der Waals surface area (Å²) in [5.74, 6) is 0.270. The van der Waals surface area contributed by atoms with Gasteiger partial charge in [0, 0.05) is 31.9 Å². The van der Waals surface area contributed by atoms with Crippen LogP contribution in [0.15, 0.2) is 67.4 Å². The molecule has 3 rings (SSSR count). The van der Waals surface area contributed by atoms with E-state index in [1.807, 2.05) is 30.0 Å². The molecule has 4 heteroatoms. The summed E-state index contributed by atoms with van der Waals surface area (Å²) >= 11 is 0. The van der Waals surface area contributed by atoms with Crippen molar-refractivity contribution in [3.05, 3.63) is 73.0 Å². The van der Waals surface area contributed by atoms with Gasteiger partial charge in [-0.2, -0.15) is 0 Å². The standard InChI is InChI=1S/C24H28N2O2/c1-5-24(28)26-12-10-20(11-13-26)25(4)18(3)14-17(2)23-16-21(27)15-19-8-6-7-9-22(19)23/h5-9,14-16,20,27H,1,3,10-13H2,2,4H3/b17-14+. The Morgan fingerprint density at radius 1 is 1.25 bits per heavy atom. The lowest BCUT2D eigenvalue weighted by atomic mass is 9.97. The zero-order valence-corrected chi connectivity index (χ0v) is 16.7. The Morgan fingerprint density at radius 2 is 1.93 bits per heavy atom. The molecule has 0 atom stereocenters. The molecule has 0 aliphatic carbocycles. The number of piperidine rings is 1. The Balaban J connectivity index is 1.76. The van der Waals surface area contributed by atoms with Gasteiger partial charge in [0.25, 0.3) is 0 Å². The highest BCUT2D eigenvalue weighted by atomic mass is 16.3. The third-order valence-corrected chi connectivity index (χ3v) is 5.61. The van der Waals surface area contributed by atoms with E-state index in [1.54, 1.807) is 12.1 Å². The molecule has 0 unspecified atom stereocenters. The number of fused-ring (bicyclic) bond motifs is 1. The quantitative estimate of drug-likeness (QED) is 0.614. The lowest BCUT2D eigenvalue weighted by Crippen LogP contribution is -2.44.